The van der Waals surface area contributed by atoms with Crippen molar-refractivity contribution >= 4 is 17.5 Å². The van der Waals surface area contributed by atoms with Gasteiger partial charge < -0.3 is 15.0 Å². The number of carbonyl (C=O) groups excluding carboxylic acids is 2. The van der Waals surface area contributed by atoms with E-state index in [0.29, 0.717) is 32.0 Å². The Morgan fingerprint density at radius 2 is 1.76 bits per heavy atom. The van der Waals surface area contributed by atoms with Crippen molar-refractivity contribution < 1.29 is 18.7 Å². The Bertz CT molecular complexity index is 522. The van der Waals surface area contributed by atoms with Crippen LogP contribution in [0.3, 0.4) is 0 Å². The number of morpholine rings is 1. The molecule has 21 heavy (non-hydrogen) atoms. The number of hydrogen-bond donors (Lipinski definition) is 1. The van der Waals surface area contributed by atoms with E-state index in [9.17, 15) is 14.0 Å². The Balaban J connectivity index is 2.04. The molecule has 0 spiro atoms. The van der Waals surface area contributed by atoms with Crippen LogP contribution in [-0.4, -0.2) is 43.0 Å². The highest BCUT2D eigenvalue weighted by atomic mass is 19.1. The number of nitrogens with zero attached hydrogens (tertiary/aromatic N) is 1. The molecule has 2 rings (SSSR count). The molecule has 1 saturated heterocycles. The molecule has 5 nitrogen and oxygen atoms in total. The van der Waals surface area contributed by atoms with Crippen molar-refractivity contribution in [2.24, 2.45) is 5.41 Å². The van der Waals surface area contributed by atoms with Gasteiger partial charge in [-0.25, -0.2) is 4.39 Å². The Labute approximate surface area is 123 Å². The first kappa shape index (κ1) is 15.4. The second kappa shape index (κ2) is 6.22. The first-order chi connectivity index (χ1) is 9.91. The number of ether oxygens (including phenoxy) is 1. The van der Waals surface area contributed by atoms with Crippen LogP contribution in [0.15, 0.2) is 24.3 Å². The maximum Gasteiger partial charge on any atom is 0.239 e. The average molecular weight is 294 g/mol. The Kier molecular flexibility index (Phi) is 4.57. The third-order valence-electron chi connectivity index (χ3n) is 3.50. The second-order valence-electron chi connectivity index (χ2n) is 5.49. The van der Waals surface area contributed by atoms with E-state index >= 15 is 0 Å². The van der Waals surface area contributed by atoms with Gasteiger partial charge in [0, 0.05) is 18.8 Å². The quantitative estimate of drug-likeness (QED) is 0.862. The lowest BCUT2D eigenvalue weighted by Crippen LogP contribution is -2.51. The molecular weight excluding hydrogens is 275 g/mol. The van der Waals surface area contributed by atoms with Gasteiger partial charge in [-0.15, -0.1) is 0 Å². The summed E-state index contributed by atoms with van der Waals surface area (Å²) in [4.78, 5) is 26.4. The smallest absolute Gasteiger partial charge is 0.239 e. The summed E-state index contributed by atoms with van der Waals surface area (Å²) in [5, 5.41) is 2.65. The maximum absolute atomic E-state index is 12.8. The molecule has 2 amide bonds. The van der Waals surface area contributed by atoms with E-state index in [-0.39, 0.29) is 11.7 Å². The molecule has 0 radical (unpaired) electrons. The Hall–Kier alpha value is -1.95. The van der Waals surface area contributed by atoms with Crippen LogP contribution in [-0.2, 0) is 14.3 Å². The largest absolute Gasteiger partial charge is 0.378 e. The minimum atomic E-state index is -1.19. The molecule has 0 bridgehead atoms. The zero-order chi connectivity index (χ0) is 15.5. The van der Waals surface area contributed by atoms with Gasteiger partial charge in [0.05, 0.1) is 13.2 Å². The molecule has 1 aromatic rings. The molecule has 0 atom stereocenters. The first-order valence-corrected chi connectivity index (χ1v) is 6.85. The molecular formula is C15H19FN2O3. The summed E-state index contributed by atoms with van der Waals surface area (Å²) in [6.45, 7) is 5.13. The number of rotatable bonds is 3. The zero-order valence-electron chi connectivity index (χ0n) is 12.2. The van der Waals surface area contributed by atoms with Crippen LogP contribution in [0.4, 0.5) is 10.1 Å². The lowest BCUT2D eigenvalue weighted by atomic mass is 9.90. The molecule has 1 aromatic carbocycles. The van der Waals surface area contributed by atoms with E-state index in [1.54, 1.807) is 18.7 Å². The normalized spacial score (nSPS) is 15.7. The van der Waals surface area contributed by atoms with E-state index in [0.717, 1.165) is 0 Å². The van der Waals surface area contributed by atoms with Gasteiger partial charge in [0.1, 0.15) is 11.2 Å². The van der Waals surface area contributed by atoms with E-state index < -0.39 is 11.3 Å². The van der Waals surface area contributed by atoms with Crippen molar-refractivity contribution in [1.82, 2.24) is 4.90 Å². The van der Waals surface area contributed by atoms with E-state index in [2.05, 4.69) is 5.32 Å². The molecule has 6 heteroatoms. The van der Waals surface area contributed by atoms with Crippen molar-refractivity contribution in [3.05, 3.63) is 30.1 Å². The van der Waals surface area contributed by atoms with Gasteiger partial charge in [-0.1, -0.05) is 0 Å². The molecule has 1 aliphatic rings. The van der Waals surface area contributed by atoms with Crippen LogP contribution in [0.2, 0.25) is 0 Å². The minimum Gasteiger partial charge on any atom is -0.378 e. The molecule has 1 aliphatic heterocycles. The van der Waals surface area contributed by atoms with Crippen molar-refractivity contribution in [3.63, 3.8) is 0 Å². The molecule has 0 saturated carbocycles. The standard InChI is InChI=1S/C15H19FN2O3/c1-15(2,14(20)18-7-9-21-10-8-18)13(19)17-12-5-3-11(16)4-6-12/h3-6H,7-10H2,1-2H3,(H,17,19). The first-order valence-electron chi connectivity index (χ1n) is 6.85. The van der Waals surface area contributed by atoms with Gasteiger partial charge in [0.15, 0.2) is 0 Å². The molecule has 1 fully saturated rings. The van der Waals surface area contributed by atoms with Gasteiger partial charge in [0.25, 0.3) is 0 Å². The minimum absolute atomic E-state index is 0.231. The maximum atomic E-state index is 12.8. The number of amides is 2. The summed E-state index contributed by atoms with van der Waals surface area (Å²) < 4.78 is 18.0. The van der Waals surface area contributed by atoms with Crippen LogP contribution in [0, 0.1) is 11.2 Å². The van der Waals surface area contributed by atoms with Crippen LogP contribution in [0.5, 0.6) is 0 Å². The third-order valence-corrected chi connectivity index (χ3v) is 3.50. The zero-order valence-corrected chi connectivity index (χ0v) is 12.2. The van der Waals surface area contributed by atoms with Crippen LogP contribution >= 0.6 is 0 Å². The molecule has 0 aromatic heterocycles. The van der Waals surface area contributed by atoms with Crippen LogP contribution in [0.1, 0.15) is 13.8 Å². The number of benzene rings is 1. The number of anilines is 1. The molecule has 1 N–H and O–H groups in total. The van der Waals surface area contributed by atoms with Gasteiger partial charge in [0.2, 0.25) is 11.8 Å². The predicted octanol–water partition coefficient (Wildman–Crippen LogP) is 1.65. The van der Waals surface area contributed by atoms with Crippen molar-refractivity contribution in [2.45, 2.75) is 13.8 Å². The highest BCUT2D eigenvalue weighted by Gasteiger charge is 2.39. The second-order valence-corrected chi connectivity index (χ2v) is 5.49. The summed E-state index contributed by atoms with van der Waals surface area (Å²) in [6, 6.07) is 5.43. The van der Waals surface area contributed by atoms with Crippen LogP contribution in [0.25, 0.3) is 0 Å². The summed E-state index contributed by atoms with van der Waals surface area (Å²) in [5.41, 5.74) is -0.726. The highest BCUT2D eigenvalue weighted by Crippen LogP contribution is 2.22. The number of nitrogens with one attached hydrogen (secondary N) is 1. The molecule has 114 valence electrons. The highest BCUT2D eigenvalue weighted by molar-refractivity contribution is 6.09. The topological polar surface area (TPSA) is 58.6 Å². The number of halogens is 1. The lowest BCUT2D eigenvalue weighted by Gasteiger charge is -2.33. The van der Waals surface area contributed by atoms with E-state index in [1.165, 1.54) is 24.3 Å². The Morgan fingerprint density at radius 1 is 1.19 bits per heavy atom. The van der Waals surface area contributed by atoms with E-state index in [4.69, 9.17) is 4.74 Å². The van der Waals surface area contributed by atoms with E-state index in [1.807, 2.05) is 0 Å². The monoisotopic (exact) mass is 294 g/mol. The molecule has 0 unspecified atom stereocenters. The van der Waals surface area contributed by atoms with Gasteiger partial charge in [-0.2, -0.15) is 0 Å². The van der Waals surface area contributed by atoms with Gasteiger partial charge >= 0.3 is 0 Å². The van der Waals surface area contributed by atoms with Gasteiger partial charge in [-0.3, -0.25) is 9.59 Å². The molecule has 0 aliphatic carbocycles. The third kappa shape index (κ3) is 3.58. The van der Waals surface area contributed by atoms with Gasteiger partial charge in [-0.05, 0) is 38.1 Å². The van der Waals surface area contributed by atoms with Crippen molar-refractivity contribution in [3.8, 4) is 0 Å². The summed E-state index contributed by atoms with van der Waals surface area (Å²) in [5.74, 6) is -1.02. The Morgan fingerprint density at radius 3 is 2.33 bits per heavy atom. The lowest BCUT2D eigenvalue weighted by molar-refractivity contribution is -0.149. The summed E-state index contributed by atoms with van der Waals surface area (Å²) in [7, 11) is 0. The fraction of sp³-hybridized carbons (Fsp3) is 0.467. The fourth-order valence-corrected chi connectivity index (χ4v) is 2.08. The summed E-state index contributed by atoms with van der Waals surface area (Å²) in [6.07, 6.45) is 0. The predicted molar refractivity (Wildman–Crippen MR) is 76.2 cm³/mol. The molecule has 1 heterocycles. The van der Waals surface area contributed by atoms with Crippen molar-refractivity contribution in [1.29, 1.82) is 0 Å². The number of carbonyl (C=O) groups is 2. The fourth-order valence-electron chi connectivity index (χ4n) is 2.08. The average Bonchev–Trinajstić information content (AvgIpc) is 2.49. The number of hydrogen-bond acceptors (Lipinski definition) is 3. The summed E-state index contributed by atoms with van der Waals surface area (Å²) >= 11 is 0. The SMILES string of the molecule is CC(C)(C(=O)Nc1ccc(F)cc1)C(=O)N1CCOCC1. The van der Waals surface area contributed by atoms with Crippen molar-refractivity contribution in [2.75, 3.05) is 31.6 Å². The van der Waals surface area contributed by atoms with Crippen LogP contribution < -0.4 is 5.32 Å².